The number of carbonyl (C=O) groups is 1. The summed E-state index contributed by atoms with van der Waals surface area (Å²) < 4.78 is 0. The first-order valence-corrected chi connectivity index (χ1v) is 8.74. The molecule has 0 saturated carbocycles. The third kappa shape index (κ3) is 2.55. The van der Waals surface area contributed by atoms with Crippen molar-refractivity contribution in [3.8, 4) is 0 Å². The second-order valence-corrected chi connectivity index (χ2v) is 7.13. The number of hydrogen-bond donors (Lipinski definition) is 2. The molecule has 4 heteroatoms. The summed E-state index contributed by atoms with van der Waals surface area (Å²) in [5.74, 6) is 0.321. The molecule has 2 atom stereocenters. The topological polar surface area (TPSA) is 56.3 Å². The molecule has 1 aliphatic heterocycles. The fourth-order valence-corrected chi connectivity index (χ4v) is 3.95. The second kappa shape index (κ2) is 5.68. The number of hydrogen-bond acceptors (Lipinski definition) is 2. The average molecular weight is 312 g/mol. The van der Waals surface area contributed by atoms with Crippen LogP contribution in [0.4, 0.5) is 0 Å². The van der Waals surface area contributed by atoms with Crippen molar-refractivity contribution < 1.29 is 9.90 Å². The minimum absolute atomic E-state index is 0.0450. The van der Waals surface area contributed by atoms with Crippen LogP contribution in [0, 0.1) is 5.92 Å². The number of rotatable bonds is 1. The van der Waals surface area contributed by atoms with Crippen molar-refractivity contribution in [2.45, 2.75) is 45.1 Å². The Balaban J connectivity index is 1.65. The number of piperidine rings is 1. The van der Waals surface area contributed by atoms with E-state index in [1.165, 1.54) is 29.5 Å². The van der Waals surface area contributed by atoms with Gasteiger partial charge in [-0.15, -0.1) is 0 Å². The highest BCUT2D eigenvalue weighted by Gasteiger charge is 2.28. The van der Waals surface area contributed by atoms with Gasteiger partial charge in [-0.05, 0) is 61.8 Å². The van der Waals surface area contributed by atoms with E-state index in [0.29, 0.717) is 6.54 Å². The van der Waals surface area contributed by atoms with Crippen LogP contribution in [0.2, 0.25) is 0 Å². The summed E-state index contributed by atoms with van der Waals surface area (Å²) in [7, 11) is 0. The minimum atomic E-state index is -0.406. The van der Waals surface area contributed by atoms with Gasteiger partial charge in [0.25, 0.3) is 5.91 Å². The summed E-state index contributed by atoms with van der Waals surface area (Å²) in [6.07, 6.45) is 5.16. The number of nitrogens with one attached hydrogen (secondary N) is 1. The summed E-state index contributed by atoms with van der Waals surface area (Å²) in [4.78, 5) is 18.1. The fraction of sp³-hybridized carbons (Fsp3) is 0.526. The van der Waals surface area contributed by atoms with E-state index in [1.807, 2.05) is 25.1 Å². The van der Waals surface area contributed by atoms with E-state index < -0.39 is 6.10 Å². The average Bonchev–Trinajstić information content (AvgIpc) is 2.94. The van der Waals surface area contributed by atoms with Crippen LogP contribution in [0.1, 0.15) is 47.8 Å². The number of aliphatic hydroxyl groups excluding tert-OH is 1. The molecule has 1 aromatic carbocycles. The number of β-amino-alcohol motifs (C(OH)–C–C–N with tert-alkyl or cyclic N) is 1. The lowest BCUT2D eigenvalue weighted by atomic mass is 9.94. The highest BCUT2D eigenvalue weighted by molar-refractivity contribution is 5.99. The molecule has 23 heavy (non-hydrogen) atoms. The number of aromatic nitrogens is 1. The zero-order chi connectivity index (χ0) is 16.0. The van der Waals surface area contributed by atoms with E-state index >= 15 is 0 Å². The van der Waals surface area contributed by atoms with Gasteiger partial charge >= 0.3 is 0 Å². The molecule has 0 spiro atoms. The zero-order valence-corrected chi connectivity index (χ0v) is 13.6. The Labute approximate surface area is 136 Å². The summed E-state index contributed by atoms with van der Waals surface area (Å²) in [6, 6.07) is 5.99. The van der Waals surface area contributed by atoms with Crippen LogP contribution in [0.5, 0.6) is 0 Å². The number of amides is 1. The zero-order valence-electron chi connectivity index (χ0n) is 13.6. The first kappa shape index (κ1) is 14.8. The van der Waals surface area contributed by atoms with Gasteiger partial charge in [0, 0.05) is 35.2 Å². The summed E-state index contributed by atoms with van der Waals surface area (Å²) in [6.45, 7) is 3.23. The monoisotopic (exact) mass is 312 g/mol. The van der Waals surface area contributed by atoms with Crippen LogP contribution in [0.3, 0.4) is 0 Å². The van der Waals surface area contributed by atoms with Gasteiger partial charge in [0.05, 0.1) is 6.10 Å². The van der Waals surface area contributed by atoms with Crippen LogP contribution < -0.4 is 0 Å². The smallest absolute Gasteiger partial charge is 0.253 e. The van der Waals surface area contributed by atoms with Gasteiger partial charge in [0.15, 0.2) is 0 Å². The third-order valence-electron chi connectivity index (χ3n) is 5.55. The number of carbonyl (C=O) groups excluding carboxylic acids is 1. The summed E-state index contributed by atoms with van der Waals surface area (Å²) >= 11 is 0. The summed E-state index contributed by atoms with van der Waals surface area (Å²) in [5.41, 5.74) is 4.62. The molecule has 2 aromatic rings. The molecule has 1 aliphatic carbocycles. The summed E-state index contributed by atoms with van der Waals surface area (Å²) in [5, 5.41) is 11.2. The van der Waals surface area contributed by atoms with E-state index in [9.17, 15) is 9.90 Å². The molecule has 0 bridgehead atoms. The van der Waals surface area contributed by atoms with Crippen LogP contribution in [0.25, 0.3) is 10.9 Å². The van der Waals surface area contributed by atoms with E-state index in [0.717, 1.165) is 36.9 Å². The molecule has 4 nitrogen and oxygen atoms in total. The third-order valence-corrected chi connectivity index (χ3v) is 5.55. The number of fused-ring (bicyclic) bond motifs is 3. The lowest BCUT2D eigenvalue weighted by Crippen LogP contribution is -2.45. The number of nitrogens with zero attached hydrogens (tertiary/aromatic N) is 1. The second-order valence-electron chi connectivity index (χ2n) is 7.13. The van der Waals surface area contributed by atoms with Crippen molar-refractivity contribution in [3.63, 3.8) is 0 Å². The molecule has 2 aliphatic rings. The van der Waals surface area contributed by atoms with E-state index in [2.05, 4.69) is 4.98 Å². The van der Waals surface area contributed by atoms with Gasteiger partial charge in [-0.25, -0.2) is 0 Å². The Hall–Kier alpha value is -1.81. The minimum Gasteiger partial charge on any atom is -0.391 e. The van der Waals surface area contributed by atoms with Crippen molar-refractivity contribution >= 4 is 16.8 Å². The Morgan fingerprint density at radius 1 is 1.30 bits per heavy atom. The van der Waals surface area contributed by atoms with Crippen LogP contribution >= 0.6 is 0 Å². The van der Waals surface area contributed by atoms with Crippen molar-refractivity contribution in [1.29, 1.82) is 0 Å². The molecule has 4 rings (SSSR count). The van der Waals surface area contributed by atoms with Crippen molar-refractivity contribution in [1.82, 2.24) is 9.88 Å². The van der Waals surface area contributed by atoms with Crippen molar-refractivity contribution in [3.05, 3.63) is 35.0 Å². The number of likely N-dealkylation sites (tertiary alicyclic amines) is 1. The normalized spacial score (nSPS) is 24.7. The first-order valence-electron chi connectivity index (χ1n) is 8.74. The van der Waals surface area contributed by atoms with Crippen molar-refractivity contribution in [2.24, 2.45) is 5.92 Å². The largest absolute Gasteiger partial charge is 0.391 e. The predicted octanol–water partition coefficient (Wildman–Crippen LogP) is 2.89. The van der Waals surface area contributed by atoms with Gasteiger partial charge in [-0.2, -0.15) is 0 Å². The molecular weight excluding hydrogens is 288 g/mol. The van der Waals surface area contributed by atoms with E-state index in [1.54, 1.807) is 4.90 Å². The van der Waals surface area contributed by atoms with Gasteiger partial charge in [0.1, 0.15) is 0 Å². The quantitative estimate of drug-likeness (QED) is 0.850. The molecular formula is C19H24N2O2. The highest BCUT2D eigenvalue weighted by Crippen LogP contribution is 2.30. The maximum Gasteiger partial charge on any atom is 0.253 e. The van der Waals surface area contributed by atoms with Gasteiger partial charge in [-0.3, -0.25) is 4.79 Å². The maximum absolute atomic E-state index is 12.8. The van der Waals surface area contributed by atoms with Gasteiger partial charge < -0.3 is 15.0 Å². The van der Waals surface area contributed by atoms with Crippen LogP contribution in [0.15, 0.2) is 18.2 Å². The predicted molar refractivity (Wildman–Crippen MR) is 90.6 cm³/mol. The standard InChI is InChI=1S/C19H24N2O2/c1-12-8-9-21(11-18(12)22)19(23)13-6-7-17-15(10-13)14-4-2-3-5-16(14)20-17/h6-7,10,12,18,20,22H,2-5,8-9,11H2,1H3. The molecule has 1 saturated heterocycles. The molecule has 2 N–H and O–H groups in total. The lowest BCUT2D eigenvalue weighted by molar-refractivity contribution is 0.0249. The fourth-order valence-electron chi connectivity index (χ4n) is 3.95. The molecule has 1 fully saturated rings. The Morgan fingerprint density at radius 3 is 2.96 bits per heavy atom. The molecule has 1 amide bonds. The van der Waals surface area contributed by atoms with Crippen molar-refractivity contribution in [2.75, 3.05) is 13.1 Å². The van der Waals surface area contributed by atoms with Gasteiger partial charge in [0.2, 0.25) is 0 Å². The molecule has 122 valence electrons. The van der Waals surface area contributed by atoms with Gasteiger partial charge in [-0.1, -0.05) is 6.92 Å². The van der Waals surface area contributed by atoms with E-state index in [4.69, 9.17) is 0 Å². The number of benzene rings is 1. The first-order chi connectivity index (χ1) is 11.1. The highest BCUT2D eigenvalue weighted by atomic mass is 16.3. The number of H-pyrrole nitrogens is 1. The maximum atomic E-state index is 12.8. The number of aryl methyl sites for hydroxylation is 2. The molecule has 0 radical (unpaired) electrons. The Kier molecular flexibility index (Phi) is 3.64. The molecule has 1 aromatic heterocycles. The van der Waals surface area contributed by atoms with Crippen LogP contribution in [-0.4, -0.2) is 40.1 Å². The van der Waals surface area contributed by atoms with E-state index in [-0.39, 0.29) is 11.8 Å². The number of aromatic amines is 1. The molecule has 2 heterocycles. The van der Waals surface area contributed by atoms with Crippen LogP contribution in [-0.2, 0) is 12.8 Å². The Bertz CT molecular complexity index is 749. The molecule has 2 unspecified atom stereocenters. The SMILES string of the molecule is CC1CCN(C(=O)c2ccc3[nH]c4c(c3c2)CCCC4)CC1O. The number of aliphatic hydroxyl groups is 1. The lowest BCUT2D eigenvalue weighted by Gasteiger charge is -2.34. The Morgan fingerprint density at radius 2 is 2.13 bits per heavy atom.